The topological polar surface area (TPSA) is 63.8 Å². The van der Waals surface area contributed by atoms with Crippen molar-refractivity contribution in [3.8, 4) is 0 Å². The fourth-order valence-corrected chi connectivity index (χ4v) is 1.55. The molecule has 3 heterocycles. The summed E-state index contributed by atoms with van der Waals surface area (Å²) in [6.07, 6.45) is 0. The van der Waals surface area contributed by atoms with Crippen LogP contribution in [0.4, 0.5) is 0 Å². The molecule has 0 aromatic heterocycles. The third kappa shape index (κ3) is 50.1. The first-order valence-electron chi connectivity index (χ1n) is 11.9. The van der Waals surface area contributed by atoms with Crippen LogP contribution in [0.1, 0.15) is 69.2 Å². The van der Waals surface area contributed by atoms with Crippen LogP contribution in [-0.2, 0) is 14.2 Å². The van der Waals surface area contributed by atoms with Gasteiger partial charge in [-0.15, -0.1) is 0 Å². The van der Waals surface area contributed by atoms with Gasteiger partial charge in [-0.2, -0.15) is 0 Å². The van der Waals surface area contributed by atoms with E-state index in [1.807, 2.05) is 69.2 Å². The average Bonchev–Trinajstić information content (AvgIpc) is 2.89. The van der Waals surface area contributed by atoms with Crippen molar-refractivity contribution < 1.29 is 14.2 Å². The van der Waals surface area contributed by atoms with E-state index in [1.165, 1.54) is 0 Å². The summed E-state index contributed by atoms with van der Waals surface area (Å²) < 4.78 is 15.0. The minimum Gasteiger partial charge on any atom is -0.379 e. The molecule has 0 unspecified atom stereocenters. The van der Waals surface area contributed by atoms with Crippen molar-refractivity contribution in [3.63, 3.8) is 0 Å². The third-order valence-electron chi connectivity index (χ3n) is 2.54. The van der Waals surface area contributed by atoms with E-state index in [0.717, 1.165) is 78.9 Å². The van der Waals surface area contributed by atoms with Crippen LogP contribution >= 0.6 is 0 Å². The zero-order chi connectivity index (χ0) is 22.7. The zero-order valence-corrected chi connectivity index (χ0v) is 21.2. The number of hydrogen-bond donors (Lipinski definition) is 3. The lowest BCUT2D eigenvalue weighted by Crippen LogP contribution is -2.30. The standard InChI is InChI=1S/3C4H9NO.5C2H6/c3*1-3-6-4-2-5-1;5*1-2/h3*5H,1-4H2;5*1-2H3. The van der Waals surface area contributed by atoms with Gasteiger partial charge in [-0.05, 0) is 0 Å². The van der Waals surface area contributed by atoms with Gasteiger partial charge in [-0.1, -0.05) is 69.2 Å². The highest BCUT2D eigenvalue weighted by molar-refractivity contribution is 4.50. The van der Waals surface area contributed by atoms with Gasteiger partial charge in [0.2, 0.25) is 0 Å². The molecule has 0 aromatic carbocycles. The molecule has 0 amide bonds. The maximum absolute atomic E-state index is 5.01. The van der Waals surface area contributed by atoms with Gasteiger partial charge < -0.3 is 30.2 Å². The van der Waals surface area contributed by atoms with Crippen molar-refractivity contribution >= 4 is 0 Å². The molecule has 3 N–H and O–H groups in total. The summed E-state index contributed by atoms with van der Waals surface area (Å²) in [6, 6.07) is 0. The molecular formula is C22H57N3O3. The Morgan fingerprint density at radius 1 is 0.321 bits per heavy atom. The lowest BCUT2D eigenvalue weighted by molar-refractivity contribution is 0.109. The summed E-state index contributed by atoms with van der Waals surface area (Å²) in [6.45, 7) is 31.5. The van der Waals surface area contributed by atoms with Crippen LogP contribution in [0.2, 0.25) is 0 Å². The van der Waals surface area contributed by atoms with E-state index in [0.29, 0.717) is 0 Å². The summed E-state index contributed by atoms with van der Waals surface area (Å²) in [5, 5.41) is 9.48. The van der Waals surface area contributed by atoms with Crippen LogP contribution in [0.3, 0.4) is 0 Å². The van der Waals surface area contributed by atoms with Crippen LogP contribution < -0.4 is 16.0 Å². The Morgan fingerprint density at radius 3 is 0.500 bits per heavy atom. The Labute approximate surface area is 178 Å². The molecule has 178 valence electrons. The van der Waals surface area contributed by atoms with Crippen molar-refractivity contribution in [3.05, 3.63) is 0 Å². The van der Waals surface area contributed by atoms with Crippen molar-refractivity contribution in [1.29, 1.82) is 0 Å². The van der Waals surface area contributed by atoms with Crippen molar-refractivity contribution in [1.82, 2.24) is 16.0 Å². The van der Waals surface area contributed by atoms with Crippen LogP contribution in [0, 0.1) is 0 Å². The molecule has 3 aliphatic rings. The van der Waals surface area contributed by atoms with Gasteiger partial charge in [0, 0.05) is 39.3 Å². The van der Waals surface area contributed by atoms with Crippen molar-refractivity contribution in [2.24, 2.45) is 0 Å². The molecule has 6 heteroatoms. The van der Waals surface area contributed by atoms with Gasteiger partial charge in [-0.3, -0.25) is 0 Å². The molecule has 0 atom stereocenters. The summed E-state index contributed by atoms with van der Waals surface area (Å²) in [4.78, 5) is 0. The molecule has 3 rings (SSSR count). The van der Waals surface area contributed by atoms with Crippen molar-refractivity contribution in [2.45, 2.75) is 69.2 Å². The summed E-state index contributed by atoms with van der Waals surface area (Å²) in [7, 11) is 0. The molecule has 28 heavy (non-hydrogen) atoms. The summed E-state index contributed by atoms with van der Waals surface area (Å²) >= 11 is 0. The van der Waals surface area contributed by atoms with Crippen LogP contribution in [0.15, 0.2) is 0 Å². The molecule has 0 aromatic rings. The second kappa shape index (κ2) is 56.3. The quantitative estimate of drug-likeness (QED) is 0.561. The molecule has 0 bridgehead atoms. The zero-order valence-electron chi connectivity index (χ0n) is 21.2. The van der Waals surface area contributed by atoms with E-state index in [-0.39, 0.29) is 0 Å². The first-order chi connectivity index (χ1) is 14.0. The van der Waals surface area contributed by atoms with Crippen molar-refractivity contribution in [2.75, 3.05) is 78.9 Å². The highest BCUT2D eigenvalue weighted by Crippen LogP contribution is 1.77. The minimum atomic E-state index is 0.889. The number of rotatable bonds is 0. The third-order valence-corrected chi connectivity index (χ3v) is 2.54. The van der Waals surface area contributed by atoms with Gasteiger partial charge >= 0.3 is 0 Å². The number of ether oxygens (including phenoxy) is 3. The highest BCUT2D eigenvalue weighted by atomic mass is 16.5. The van der Waals surface area contributed by atoms with E-state index in [2.05, 4.69) is 16.0 Å². The molecule has 6 nitrogen and oxygen atoms in total. The molecule has 3 saturated heterocycles. The molecule has 0 saturated carbocycles. The van der Waals surface area contributed by atoms with Crippen LogP contribution in [0.25, 0.3) is 0 Å². The Hall–Kier alpha value is -0.240. The predicted molar refractivity (Wildman–Crippen MR) is 128 cm³/mol. The Kier molecular flexibility index (Phi) is 77.2. The van der Waals surface area contributed by atoms with Gasteiger partial charge in [0.15, 0.2) is 0 Å². The predicted octanol–water partition coefficient (Wildman–Crippen LogP) is 3.95. The largest absolute Gasteiger partial charge is 0.379 e. The van der Waals surface area contributed by atoms with Crippen LogP contribution in [0.5, 0.6) is 0 Å². The van der Waals surface area contributed by atoms with E-state index < -0.39 is 0 Å². The lowest BCUT2D eigenvalue weighted by Gasteiger charge is -2.10. The molecule has 3 aliphatic heterocycles. The van der Waals surface area contributed by atoms with Gasteiger partial charge in [-0.25, -0.2) is 0 Å². The maximum atomic E-state index is 5.01. The SMILES string of the molecule is C1COCCN1.C1COCCN1.C1COCCN1.CC.CC.CC.CC.CC. The molecular weight excluding hydrogens is 354 g/mol. The minimum absolute atomic E-state index is 0.889. The number of hydrogen-bond acceptors (Lipinski definition) is 6. The first kappa shape index (κ1) is 38.4. The highest BCUT2D eigenvalue weighted by Gasteiger charge is 1.94. The monoisotopic (exact) mass is 411 g/mol. The average molecular weight is 412 g/mol. The second-order valence-corrected chi connectivity index (χ2v) is 4.09. The summed E-state index contributed by atoms with van der Waals surface area (Å²) in [5.74, 6) is 0. The van der Waals surface area contributed by atoms with E-state index >= 15 is 0 Å². The lowest BCUT2D eigenvalue weighted by atomic mass is 10.5. The van der Waals surface area contributed by atoms with Crippen LogP contribution in [-0.4, -0.2) is 78.9 Å². The fraction of sp³-hybridized carbons (Fsp3) is 1.00. The first-order valence-corrected chi connectivity index (χ1v) is 11.9. The molecule has 0 spiro atoms. The van der Waals surface area contributed by atoms with E-state index in [9.17, 15) is 0 Å². The van der Waals surface area contributed by atoms with Gasteiger partial charge in [0.25, 0.3) is 0 Å². The second-order valence-electron chi connectivity index (χ2n) is 4.09. The van der Waals surface area contributed by atoms with E-state index in [4.69, 9.17) is 14.2 Å². The number of nitrogens with one attached hydrogen (secondary N) is 3. The van der Waals surface area contributed by atoms with E-state index in [1.54, 1.807) is 0 Å². The smallest absolute Gasteiger partial charge is 0.0591 e. The van der Waals surface area contributed by atoms with Gasteiger partial charge in [0.1, 0.15) is 0 Å². The number of morpholine rings is 3. The van der Waals surface area contributed by atoms with Gasteiger partial charge in [0.05, 0.1) is 39.6 Å². The summed E-state index contributed by atoms with van der Waals surface area (Å²) in [5.41, 5.74) is 0. The fourth-order valence-electron chi connectivity index (χ4n) is 1.55. The molecule has 0 radical (unpaired) electrons. The normalized spacial score (nSPS) is 16.5. The maximum Gasteiger partial charge on any atom is 0.0591 e. The molecule has 0 aliphatic carbocycles. The Bertz CT molecular complexity index is 102. The Morgan fingerprint density at radius 2 is 0.464 bits per heavy atom. The Balaban J connectivity index is -0.0000000775. The molecule has 3 fully saturated rings.